The number of ether oxygens (including phenoxy) is 1. The number of carbonyl (C=O) groups excluding carboxylic acids is 1. The van der Waals surface area contributed by atoms with Gasteiger partial charge in [0, 0.05) is 6.20 Å². The van der Waals surface area contributed by atoms with Gasteiger partial charge in [-0.15, -0.1) is 11.3 Å². The van der Waals surface area contributed by atoms with Crippen LogP contribution in [0.2, 0.25) is 0 Å². The zero-order valence-electron chi connectivity index (χ0n) is 9.18. The Morgan fingerprint density at radius 1 is 1.61 bits per heavy atom. The summed E-state index contributed by atoms with van der Waals surface area (Å²) < 4.78 is 18.5. The van der Waals surface area contributed by atoms with Gasteiger partial charge in [-0.2, -0.15) is 0 Å². The first-order chi connectivity index (χ1) is 8.56. The van der Waals surface area contributed by atoms with E-state index in [1.807, 2.05) is 0 Å². The lowest BCUT2D eigenvalue weighted by Crippen LogP contribution is -2.05. The normalized spacial score (nSPS) is 10.6. The third-order valence-corrected chi connectivity index (χ3v) is 3.27. The number of carbonyl (C=O) groups is 1. The molecule has 94 valence electrons. The third-order valence-electron chi connectivity index (χ3n) is 2.17. The first-order valence-electron chi connectivity index (χ1n) is 4.93. The predicted octanol–water partition coefficient (Wildman–Crippen LogP) is 2.52. The van der Waals surface area contributed by atoms with Gasteiger partial charge >= 0.3 is 11.7 Å². The van der Waals surface area contributed by atoms with Gasteiger partial charge in [0.25, 0.3) is 0 Å². The van der Waals surface area contributed by atoms with Gasteiger partial charge in [-0.1, -0.05) is 0 Å². The van der Waals surface area contributed by atoms with E-state index < -0.39 is 22.4 Å². The van der Waals surface area contributed by atoms with Crippen molar-refractivity contribution >= 4 is 33.1 Å². The molecular formula is C10H7FN2O4S. The number of fused-ring (bicyclic) bond motifs is 1. The zero-order chi connectivity index (χ0) is 13.3. The summed E-state index contributed by atoms with van der Waals surface area (Å²) in [6, 6.07) is 0. The van der Waals surface area contributed by atoms with E-state index in [1.54, 1.807) is 6.92 Å². The number of nitrogens with zero attached hydrogens (tertiary/aromatic N) is 2. The molecular weight excluding hydrogens is 263 g/mol. The summed E-state index contributed by atoms with van der Waals surface area (Å²) in [4.78, 5) is 25.2. The number of rotatable bonds is 3. The topological polar surface area (TPSA) is 82.3 Å². The molecule has 0 spiro atoms. The molecule has 8 heteroatoms. The monoisotopic (exact) mass is 270 g/mol. The van der Waals surface area contributed by atoms with E-state index in [1.165, 1.54) is 6.20 Å². The molecule has 18 heavy (non-hydrogen) atoms. The van der Waals surface area contributed by atoms with E-state index in [0.29, 0.717) is 0 Å². The highest BCUT2D eigenvalue weighted by Gasteiger charge is 2.30. The standard InChI is InChI=1S/C10H7FN2O4S/c1-2-17-10(14)9-8(13(15)16)7-5(11)3-12-4-6(7)18-9/h3-4H,2H2,1H3. The van der Waals surface area contributed by atoms with E-state index in [2.05, 4.69) is 4.98 Å². The molecule has 0 atom stereocenters. The number of esters is 1. The summed E-state index contributed by atoms with van der Waals surface area (Å²) in [5.74, 6) is -1.66. The summed E-state index contributed by atoms with van der Waals surface area (Å²) in [6.45, 7) is 1.67. The fourth-order valence-corrected chi connectivity index (χ4v) is 2.55. The minimum absolute atomic E-state index is 0.0883. The molecule has 0 aromatic carbocycles. The number of nitro groups is 1. The van der Waals surface area contributed by atoms with Crippen molar-refractivity contribution in [3.63, 3.8) is 0 Å². The second-order valence-electron chi connectivity index (χ2n) is 3.25. The fraction of sp³-hybridized carbons (Fsp3) is 0.200. The molecule has 0 saturated carbocycles. The Morgan fingerprint density at radius 3 is 2.94 bits per heavy atom. The van der Waals surface area contributed by atoms with E-state index in [0.717, 1.165) is 17.5 Å². The van der Waals surface area contributed by atoms with Crippen LogP contribution in [0, 0.1) is 15.9 Å². The molecule has 0 saturated heterocycles. The molecule has 0 fully saturated rings. The lowest BCUT2D eigenvalue weighted by atomic mass is 10.2. The predicted molar refractivity (Wildman–Crippen MR) is 62.2 cm³/mol. The highest BCUT2D eigenvalue weighted by atomic mass is 32.1. The number of thiophene rings is 1. The number of halogens is 1. The average molecular weight is 270 g/mol. The van der Waals surface area contributed by atoms with Crippen LogP contribution in [0.5, 0.6) is 0 Å². The summed E-state index contributed by atoms with van der Waals surface area (Å²) in [5, 5.41) is 10.8. The van der Waals surface area contributed by atoms with Crippen LogP contribution in [-0.2, 0) is 4.74 Å². The molecule has 0 aliphatic carbocycles. The van der Waals surface area contributed by atoms with Crippen molar-refractivity contribution in [3.8, 4) is 0 Å². The van der Waals surface area contributed by atoms with Gasteiger partial charge in [0.1, 0.15) is 5.39 Å². The highest BCUT2D eigenvalue weighted by molar-refractivity contribution is 7.21. The van der Waals surface area contributed by atoms with Gasteiger partial charge in [-0.05, 0) is 6.92 Å². The maximum atomic E-state index is 13.6. The molecule has 2 heterocycles. The van der Waals surface area contributed by atoms with Crippen LogP contribution in [0.4, 0.5) is 10.1 Å². The van der Waals surface area contributed by atoms with Gasteiger partial charge in [0.05, 0.1) is 22.4 Å². The number of hydrogen-bond acceptors (Lipinski definition) is 6. The van der Waals surface area contributed by atoms with Crippen molar-refractivity contribution in [1.29, 1.82) is 0 Å². The molecule has 0 N–H and O–H groups in total. The summed E-state index contributed by atoms with van der Waals surface area (Å²) in [6.07, 6.45) is 2.15. The molecule has 2 aromatic heterocycles. The lowest BCUT2D eigenvalue weighted by Gasteiger charge is -1.97. The molecule has 0 amide bonds. The lowest BCUT2D eigenvalue weighted by molar-refractivity contribution is -0.383. The molecule has 6 nitrogen and oxygen atoms in total. The Morgan fingerprint density at radius 2 is 2.33 bits per heavy atom. The Balaban J connectivity index is 2.74. The molecule has 2 rings (SSSR count). The molecule has 0 radical (unpaired) electrons. The molecule has 2 aromatic rings. The van der Waals surface area contributed by atoms with Crippen LogP contribution in [0.25, 0.3) is 10.1 Å². The van der Waals surface area contributed by atoms with Crippen molar-refractivity contribution in [2.24, 2.45) is 0 Å². The minimum atomic E-state index is -0.829. The SMILES string of the molecule is CCOC(=O)c1sc2cncc(F)c2c1[N+](=O)[O-]. The van der Waals surface area contributed by atoms with E-state index in [4.69, 9.17) is 4.74 Å². The quantitative estimate of drug-likeness (QED) is 0.486. The minimum Gasteiger partial charge on any atom is -0.462 e. The van der Waals surface area contributed by atoms with Crippen LogP contribution in [-0.4, -0.2) is 22.5 Å². The van der Waals surface area contributed by atoms with E-state index >= 15 is 0 Å². The molecule has 0 bridgehead atoms. The van der Waals surface area contributed by atoms with Crippen molar-refractivity contribution in [3.05, 3.63) is 33.2 Å². The smallest absolute Gasteiger partial charge is 0.355 e. The molecule has 0 aliphatic rings. The van der Waals surface area contributed by atoms with Crippen LogP contribution in [0.1, 0.15) is 16.6 Å². The van der Waals surface area contributed by atoms with Crippen LogP contribution in [0.3, 0.4) is 0 Å². The Kier molecular flexibility index (Phi) is 3.19. The Labute approximate surface area is 104 Å². The zero-order valence-corrected chi connectivity index (χ0v) is 9.99. The van der Waals surface area contributed by atoms with Gasteiger partial charge in [0.2, 0.25) is 0 Å². The largest absolute Gasteiger partial charge is 0.462 e. The van der Waals surface area contributed by atoms with Crippen molar-refractivity contribution in [1.82, 2.24) is 4.98 Å². The Hall–Kier alpha value is -2.09. The molecule has 0 aliphatic heterocycles. The van der Waals surface area contributed by atoms with Crippen molar-refractivity contribution < 1.29 is 18.8 Å². The first kappa shape index (κ1) is 12.4. The van der Waals surface area contributed by atoms with Gasteiger partial charge in [0.15, 0.2) is 10.7 Å². The second kappa shape index (κ2) is 4.65. The summed E-state index contributed by atoms with van der Waals surface area (Å²) >= 11 is 0.796. The van der Waals surface area contributed by atoms with Gasteiger partial charge in [-0.3, -0.25) is 15.1 Å². The highest BCUT2D eigenvalue weighted by Crippen LogP contribution is 2.38. The van der Waals surface area contributed by atoms with Crippen LogP contribution >= 0.6 is 11.3 Å². The molecule has 0 unspecified atom stereocenters. The van der Waals surface area contributed by atoms with Gasteiger partial charge in [-0.25, -0.2) is 9.18 Å². The maximum Gasteiger partial charge on any atom is 0.355 e. The fourth-order valence-electron chi connectivity index (χ4n) is 1.51. The van der Waals surface area contributed by atoms with Crippen LogP contribution < -0.4 is 0 Å². The summed E-state index contributed by atoms with van der Waals surface area (Å²) in [7, 11) is 0. The third kappa shape index (κ3) is 1.90. The van der Waals surface area contributed by atoms with Crippen LogP contribution in [0.15, 0.2) is 12.4 Å². The van der Waals surface area contributed by atoms with E-state index in [9.17, 15) is 19.3 Å². The Bertz CT molecular complexity index is 640. The number of pyridine rings is 1. The maximum absolute atomic E-state index is 13.6. The van der Waals surface area contributed by atoms with Crippen molar-refractivity contribution in [2.45, 2.75) is 6.92 Å². The number of aromatic nitrogens is 1. The average Bonchev–Trinajstić information content (AvgIpc) is 2.70. The van der Waals surface area contributed by atoms with Gasteiger partial charge < -0.3 is 4.74 Å². The summed E-state index contributed by atoms with van der Waals surface area (Å²) in [5.41, 5.74) is -0.562. The van der Waals surface area contributed by atoms with E-state index in [-0.39, 0.29) is 21.6 Å². The first-order valence-corrected chi connectivity index (χ1v) is 5.75. The number of hydrogen-bond donors (Lipinski definition) is 0. The van der Waals surface area contributed by atoms with Crippen molar-refractivity contribution in [2.75, 3.05) is 6.61 Å². The second-order valence-corrected chi connectivity index (χ2v) is 4.30.